The number of aromatic nitrogens is 2. The molecule has 1 aromatic rings. The van der Waals surface area contributed by atoms with Crippen molar-refractivity contribution in [1.82, 2.24) is 9.97 Å². The van der Waals surface area contributed by atoms with Crippen LogP contribution in [0.5, 0.6) is 0 Å². The molecule has 0 aromatic carbocycles. The number of aliphatic carboxylic acids is 1. The number of anilines is 2. The summed E-state index contributed by atoms with van der Waals surface area (Å²) in [6.45, 7) is 5.90. The molecule has 28 heavy (non-hydrogen) atoms. The van der Waals surface area contributed by atoms with E-state index in [1.165, 1.54) is 6.92 Å². The smallest absolute Gasteiger partial charge is 0.433 e. The van der Waals surface area contributed by atoms with Crippen LogP contribution < -0.4 is 9.80 Å². The molecule has 2 unspecified atom stereocenters. The van der Waals surface area contributed by atoms with E-state index in [2.05, 4.69) is 9.97 Å². The number of carboxylic acid groups (broad SMARTS) is 1. The lowest BCUT2D eigenvalue weighted by Crippen LogP contribution is -2.67. The fourth-order valence-electron chi connectivity index (χ4n) is 4.61. The lowest BCUT2D eigenvalue weighted by Gasteiger charge is -2.51. The van der Waals surface area contributed by atoms with E-state index in [1.54, 1.807) is 18.7 Å². The standard InChI is InChI=1S/C18H23F3N4O3/c1-8-14(18(19,20)21)22-16(25-7-17(3,28)9(25)2)23-15(8)24-5-11-10(4-13(26)27)12(11)6-24/h9-12,28H,4-7H2,1-3H3,(H,26,27)/t9-,10?,11?,12?,17+/m0/s1. The van der Waals surface area contributed by atoms with Crippen molar-refractivity contribution in [2.24, 2.45) is 17.8 Å². The lowest BCUT2D eigenvalue weighted by molar-refractivity contribution is -0.141. The first-order valence-electron chi connectivity index (χ1n) is 9.31. The van der Waals surface area contributed by atoms with Crippen LogP contribution in [0.4, 0.5) is 24.9 Å². The number of piperidine rings is 1. The molecule has 10 heteroatoms. The van der Waals surface area contributed by atoms with E-state index in [-0.39, 0.29) is 48.0 Å². The van der Waals surface area contributed by atoms with Gasteiger partial charge in [-0.05, 0) is 38.5 Å². The van der Waals surface area contributed by atoms with Crippen LogP contribution in [0.15, 0.2) is 0 Å². The average molecular weight is 400 g/mol. The van der Waals surface area contributed by atoms with Gasteiger partial charge in [0.25, 0.3) is 0 Å². The third-order valence-corrected chi connectivity index (χ3v) is 6.57. The van der Waals surface area contributed by atoms with Crippen molar-refractivity contribution in [3.05, 3.63) is 11.3 Å². The van der Waals surface area contributed by atoms with Crippen LogP contribution in [0.1, 0.15) is 31.5 Å². The summed E-state index contributed by atoms with van der Waals surface area (Å²) in [4.78, 5) is 22.5. The molecule has 0 spiro atoms. The van der Waals surface area contributed by atoms with Crippen LogP contribution in [-0.2, 0) is 11.0 Å². The molecule has 1 aromatic heterocycles. The molecule has 0 radical (unpaired) electrons. The maximum Gasteiger partial charge on any atom is 0.433 e. The Morgan fingerprint density at radius 2 is 1.89 bits per heavy atom. The third-order valence-electron chi connectivity index (χ3n) is 6.57. The summed E-state index contributed by atoms with van der Waals surface area (Å²) in [7, 11) is 0. The molecule has 2 aliphatic heterocycles. The van der Waals surface area contributed by atoms with Gasteiger partial charge in [-0.1, -0.05) is 0 Å². The Balaban J connectivity index is 1.63. The fourth-order valence-corrected chi connectivity index (χ4v) is 4.61. The van der Waals surface area contributed by atoms with E-state index >= 15 is 0 Å². The SMILES string of the molecule is Cc1c(N2CC3C(CC(=O)O)C3C2)nc(N2C[C@@](C)(O)[C@@H]2C)nc1C(F)(F)F. The Morgan fingerprint density at radius 1 is 1.29 bits per heavy atom. The second-order valence-electron chi connectivity index (χ2n) is 8.47. The number of nitrogens with zero attached hydrogens (tertiary/aromatic N) is 4. The molecule has 0 bridgehead atoms. The van der Waals surface area contributed by atoms with Crippen molar-refractivity contribution >= 4 is 17.7 Å². The first kappa shape index (κ1) is 19.2. The van der Waals surface area contributed by atoms with E-state index < -0.39 is 29.5 Å². The number of carboxylic acids is 1. The Morgan fingerprint density at radius 3 is 2.36 bits per heavy atom. The van der Waals surface area contributed by atoms with Gasteiger partial charge in [0.2, 0.25) is 5.95 Å². The third kappa shape index (κ3) is 2.98. The molecule has 3 aliphatic rings. The lowest BCUT2D eigenvalue weighted by atomic mass is 9.87. The van der Waals surface area contributed by atoms with Crippen molar-refractivity contribution in [1.29, 1.82) is 0 Å². The number of β-amino-alcohol motifs (C(OH)–C–C–N with tert-alkyl or cyclic N) is 1. The van der Waals surface area contributed by atoms with Gasteiger partial charge in [0, 0.05) is 25.1 Å². The first-order chi connectivity index (χ1) is 12.9. The highest BCUT2D eigenvalue weighted by molar-refractivity contribution is 5.68. The molecular formula is C18H23F3N4O3. The molecule has 1 saturated carbocycles. The van der Waals surface area contributed by atoms with Crippen molar-refractivity contribution in [3.63, 3.8) is 0 Å². The molecule has 2 saturated heterocycles. The summed E-state index contributed by atoms with van der Waals surface area (Å²) in [6.07, 6.45) is -4.51. The van der Waals surface area contributed by atoms with E-state index in [9.17, 15) is 23.1 Å². The van der Waals surface area contributed by atoms with Crippen molar-refractivity contribution in [2.75, 3.05) is 29.4 Å². The summed E-state index contributed by atoms with van der Waals surface area (Å²) in [5.74, 6) is -0.154. The molecular weight excluding hydrogens is 377 g/mol. The van der Waals surface area contributed by atoms with E-state index in [4.69, 9.17) is 5.11 Å². The second kappa shape index (κ2) is 5.95. The van der Waals surface area contributed by atoms with Crippen LogP contribution in [0.25, 0.3) is 0 Å². The molecule has 2 N–H and O–H groups in total. The summed E-state index contributed by atoms with van der Waals surface area (Å²) < 4.78 is 40.7. The number of hydrogen-bond acceptors (Lipinski definition) is 6. The minimum Gasteiger partial charge on any atom is -0.481 e. The van der Waals surface area contributed by atoms with Crippen LogP contribution >= 0.6 is 0 Å². The predicted molar refractivity (Wildman–Crippen MR) is 94.1 cm³/mol. The van der Waals surface area contributed by atoms with Crippen molar-refractivity contribution in [2.45, 2.75) is 45.0 Å². The maximum atomic E-state index is 13.6. The predicted octanol–water partition coefficient (Wildman–Crippen LogP) is 1.92. The van der Waals surface area contributed by atoms with Gasteiger partial charge >= 0.3 is 12.1 Å². The highest BCUT2D eigenvalue weighted by atomic mass is 19.4. The normalized spacial score (nSPS) is 34.2. The van der Waals surface area contributed by atoms with E-state index in [0.717, 1.165) is 0 Å². The van der Waals surface area contributed by atoms with Gasteiger partial charge in [0.05, 0.1) is 18.2 Å². The van der Waals surface area contributed by atoms with Gasteiger partial charge in [-0.3, -0.25) is 4.79 Å². The highest BCUT2D eigenvalue weighted by Crippen LogP contribution is 2.54. The summed E-state index contributed by atoms with van der Waals surface area (Å²) >= 11 is 0. The van der Waals surface area contributed by atoms with Gasteiger partial charge in [-0.15, -0.1) is 0 Å². The number of fused-ring (bicyclic) bond motifs is 1. The van der Waals surface area contributed by atoms with Crippen molar-refractivity contribution in [3.8, 4) is 0 Å². The molecule has 1 aliphatic carbocycles. The van der Waals surface area contributed by atoms with Gasteiger partial charge in [-0.2, -0.15) is 18.2 Å². The zero-order valence-corrected chi connectivity index (χ0v) is 15.9. The van der Waals surface area contributed by atoms with Gasteiger partial charge in [0.1, 0.15) is 5.82 Å². The van der Waals surface area contributed by atoms with Crippen LogP contribution in [0, 0.1) is 24.7 Å². The number of hydrogen-bond donors (Lipinski definition) is 2. The summed E-state index contributed by atoms with van der Waals surface area (Å²) in [5.41, 5.74) is -1.98. The monoisotopic (exact) mass is 400 g/mol. The van der Waals surface area contributed by atoms with Gasteiger partial charge in [0.15, 0.2) is 5.69 Å². The molecule has 4 atom stereocenters. The molecule has 0 amide bonds. The zero-order chi connectivity index (χ0) is 20.6. The van der Waals surface area contributed by atoms with Crippen molar-refractivity contribution < 1.29 is 28.2 Å². The quantitative estimate of drug-likeness (QED) is 0.798. The number of alkyl halides is 3. The number of carbonyl (C=O) groups is 1. The Kier molecular flexibility index (Phi) is 4.08. The second-order valence-corrected chi connectivity index (χ2v) is 8.47. The molecule has 3 heterocycles. The van der Waals surface area contributed by atoms with E-state index in [0.29, 0.717) is 13.1 Å². The number of halogens is 3. The minimum atomic E-state index is -4.61. The van der Waals surface area contributed by atoms with Gasteiger partial charge < -0.3 is 20.0 Å². The van der Waals surface area contributed by atoms with E-state index in [1.807, 2.05) is 4.90 Å². The zero-order valence-electron chi connectivity index (χ0n) is 15.9. The molecule has 3 fully saturated rings. The Hall–Kier alpha value is -2.10. The topological polar surface area (TPSA) is 89.8 Å². The summed E-state index contributed by atoms with van der Waals surface area (Å²) in [6, 6.07) is -0.393. The van der Waals surface area contributed by atoms with Crippen LogP contribution in [0.3, 0.4) is 0 Å². The fraction of sp³-hybridized carbons (Fsp3) is 0.722. The van der Waals surface area contributed by atoms with Crippen LogP contribution in [0.2, 0.25) is 0 Å². The molecule has 4 rings (SSSR count). The first-order valence-corrected chi connectivity index (χ1v) is 9.31. The summed E-state index contributed by atoms with van der Waals surface area (Å²) in [5, 5.41) is 19.1. The molecule has 154 valence electrons. The maximum absolute atomic E-state index is 13.6. The number of rotatable bonds is 4. The Bertz CT molecular complexity index is 817. The minimum absolute atomic E-state index is 0.0210. The molecule has 7 nitrogen and oxygen atoms in total. The highest BCUT2D eigenvalue weighted by Gasteiger charge is 2.57. The van der Waals surface area contributed by atoms with Gasteiger partial charge in [-0.25, -0.2) is 4.98 Å². The largest absolute Gasteiger partial charge is 0.481 e. The average Bonchev–Trinajstić information content (AvgIpc) is 3.02. The Labute approximate surface area is 160 Å². The van der Waals surface area contributed by atoms with Crippen LogP contribution in [-0.4, -0.2) is 57.4 Å². The number of aliphatic hydroxyl groups is 1.